The zero-order valence-corrected chi connectivity index (χ0v) is 19.1. The topological polar surface area (TPSA) is 112 Å². The molecule has 10 heteroatoms. The lowest BCUT2D eigenvalue weighted by Gasteiger charge is -2.27. The molecule has 1 amide bonds. The van der Waals surface area contributed by atoms with Crippen LogP contribution < -0.4 is 20.7 Å². The number of amides is 1. The number of thiophene rings is 1. The fourth-order valence-corrected chi connectivity index (χ4v) is 5.75. The van der Waals surface area contributed by atoms with E-state index in [1.165, 1.54) is 11.3 Å². The Kier molecular flexibility index (Phi) is 4.89. The molecular formula is C23H25N5O4S. The summed E-state index contributed by atoms with van der Waals surface area (Å²) >= 11 is 1.32. The SMILES string of the molecule is Cc1ccc2c(N)c(C(=O)N[C@H]3COc4nc(N5CCC6(C5)OCCO6)ccc4C3)sc2n1. The van der Waals surface area contributed by atoms with Crippen molar-refractivity contribution in [2.45, 2.75) is 31.6 Å². The van der Waals surface area contributed by atoms with Crippen molar-refractivity contribution in [3.05, 3.63) is 40.4 Å². The summed E-state index contributed by atoms with van der Waals surface area (Å²) in [4.78, 5) is 25.6. The number of nitrogens with one attached hydrogen (secondary N) is 1. The van der Waals surface area contributed by atoms with Crippen LogP contribution in [0.25, 0.3) is 10.2 Å². The van der Waals surface area contributed by atoms with E-state index in [9.17, 15) is 4.79 Å². The van der Waals surface area contributed by atoms with Crippen molar-refractivity contribution in [1.29, 1.82) is 0 Å². The molecular weight excluding hydrogens is 442 g/mol. The molecule has 0 radical (unpaired) electrons. The van der Waals surface area contributed by atoms with Gasteiger partial charge in [-0.05, 0) is 31.2 Å². The maximum atomic E-state index is 12.9. The van der Waals surface area contributed by atoms with Crippen LogP contribution in [-0.4, -0.2) is 60.6 Å². The summed E-state index contributed by atoms with van der Waals surface area (Å²) < 4.78 is 17.6. The molecule has 9 nitrogen and oxygen atoms in total. The molecule has 0 bridgehead atoms. The van der Waals surface area contributed by atoms with Crippen LogP contribution in [0.15, 0.2) is 24.3 Å². The number of fused-ring (bicyclic) bond motifs is 2. The first-order chi connectivity index (χ1) is 16.0. The Morgan fingerprint density at radius 3 is 2.94 bits per heavy atom. The molecule has 1 atom stereocenters. The molecule has 3 aliphatic rings. The second kappa shape index (κ2) is 7.82. The monoisotopic (exact) mass is 467 g/mol. The molecule has 6 rings (SSSR count). The molecule has 6 heterocycles. The van der Waals surface area contributed by atoms with Crippen molar-refractivity contribution in [3.8, 4) is 5.88 Å². The fraction of sp³-hybridized carbons (Fsp3) is 0.435. The highest BCUT2D eigenvalue weighted by Gasteiger charge is 2.44. The van der Waals surface area contributed by atoms with E-state index in [-0.39, 0.29) is 11.9 Å². The standard InChI is InChI=1S/C23H25N5O4S/c1-13-2-4-16-18(24)19(33-22(16)25-13)20(29)26-15-10-14-3-5-17(27-21(14)30-11-15)28-7-6-23(12-28)31-8-9-32-23/h2-5,15H,6-12,24H2,1H3,(H,26,29)/t15-/m1/s1. The normalized spacial score (nSPS) is 21.4. The van der Waals surface area contributed by atoms with E-state index >= 15 is 0 Å². The van der Waals surface area contributed by atoms with Gasteiger partial charge in [-0.15, -0.1) is 11.3 Å². The number of hydrogen-bond acceptors (Lipinski definition) is 9. The van der Waals surface area contributed by atoms with Gasteiger partial charge in [0.2, 0.25) is 5.88 Å². The first kappa shape index (κ1) is 20.6. The first-order valence-electron chi connectivity index (χ1n) is 11.1. The van der Waals surface area contributed by atoms with Crippen molar-refractivity contribution in [3.63, 3.8) is 0 Å². The van der Waals surface area contributed by atoms with Crippen LogP contribution >= 0.6 is 11.3 Å². The van der Waals surface area contributed by atoms with Gasteiger partial charge in [0.05, 0.1) is 31.5 Å². The minimum atomic E-state index is -0.490. The fourth-order valence-electron chi connectivity index (χ4n) is 4.70. The number of nitrogens with zero attached hydrogens (tertiary/aromatic N) is 3. The number of carbonyl (C=O) groups excluding carboxylic acids is 1. The predicted octanol–water partition coefficient (Wildman–Crippen LogP) is 2.27. The summed E-state index contributed by atoms with van der Waals surface area (Å²) in [6, 6.07) is 7.68. The smallest absolute Gasteiger partial charge is 0.263 e. The van der Waals surface area contributed by atoms with Gasteiger partial charge in [-0.3, -0.25) is 4.79 Å². The largest absolute Gasteiger partial charge is 0.475 e. The van der Waals surface area contributed by atoms with Crippen LogP contribution in [0.1, 0.15) is 27.3 Å². The lowest BCUT2D eigenvalue weighted by atomic mass is 10.1. The van der Waals surface area contributed by atoms with E-state index in [0.29, 0.717) is 49.2 Å². The van der Waals surface area contributed by atoms with Gasteiger partial charge in [0.15, 0.2) is 5.79 Å². The van der Waals surface area contributed by atoms with Crippen molar-refractivity contribution in [1.82, 2.24) is 15.3 Å². The lowest BCUT2D eigenvalue weighted by Crippen LogP contribution is -2.43. The average molecular weight is 468 g/mol. The molecule has 0 saturated carbocycles. The number of nitrogens with two attached hydrogens (primary N) is 1. The lowest BCUT2D eigenvalue weighted by molar-refractivity contribution is -0.137. The molecule has 1 spiro atoms. The Labute approximate surface area is 194 Å². The second-order valence-corrected chi connectivity index (χ2v) is 9.75. The maximum absolute atomic E-state index is 12.9. The van der Waals surface area contributed by atoms with E-state index in [1.807, 2.05) is 31.2 Å². The van der Waals surface area contributed by atoms with Crippen LogP contribution in [0.5, 0.6) is 5.88 Å². The van der Waals surface area contributed by atoms with Gasteiger partial charge < -0.3 is 30.2 Å². The summed E-state index contributed by atoms with van der Waals surface area (Å²) in [6.07, 6.45) is 1.48. The number of anilines is 2. The molecule has 2 saturated heterocycles. The number of rotatable bonds is 3. The van der Waals surface area contributed by atoms with Crippen LogP contribution in [0.4, 0.5) is 11.5 Å². The summed E-state index contributed by atoms with van der Waals surface area (Å²) in [5.74, 6) is 0.784. The zero-order chi connectivity index (χ0) is 22.6. The number of nitrogen functional groups attached to an aromatic ring is 1. The Morgan fingerprint density at radius 2 is 2.09 bits per heavy atom. The molecule has 0 unspecified atom stereocenters. The number of ether oxygens (including phenoxy) is 3. The summed E-state index contributed by atoms with van der Waals surface area (Å²) in [5.41, 5.74) is 8.58. The summed E-state index contributed by atoms with van der Waals surface area (Å²) in [7, 11) is 0. The van der Waals surface area contributed by atoms with Gasteiger partial charge >= 0.3 is 0 Å². The molecule has 3 aromatic rings. The van der Waals surface area contributed by atoms with E-state index < -0.39 is 5.79 Å². The van der Waals surface area contributed by atoms with Gasteiger partial charge in [-0.2, -0.15) is 4.98 Å². The molecule has 2 fully saturated rings. The highest BCUT2D eigenvalue weighted by molar-refractivity contribution is 7.21. The van der Waals surface area contributed by atoms with E-state index in [2.05, 4.69) is 15.2 Å². The van der Waals surface area contributed by atoms with Crippen LogP contribution in [0, 0.1) is 6.92 Å². The Hall–Kier alpha value is -2.95. The first-order valence-corrected chi connectivity index (χ1v) is 11.9. The minimum absolute atomic E-state index is 0.160. The van der Waals surface area contributed by atoms with Crippen LogP contribution in [-0.2, 0) is 15.9 Å². The van der Waals surface area contributed by atoms with Gasteiger partial charge in [0, 0.05) is 36.0 Å². The molecule has 33 heavy (non-hydrogen) atoms. The predicted molar refractivity (Wildman–Crippen MR) is 125 cm³/mol. The van der Waals surface area contributed by atoms with Gasteiger partial charge in [0.25, 0.3) is 5.91 Å². The van der Waals surface area contributed by atoms with Crippen molar-refractivity contribution >= 4 is 39.0 Å². The number of carbonyl (C=O) groups is 1. The van der Waals surface area contributed by atoms with Gasteiger partial charge in [0.1, 0.15) is 22.1 Å². The Bertz CT molecular complexity index is 1240. The third-order valence-corrected chi connectivity index (χ3v) is 7.53. The van der Waals surface area contributed by atoms with Gasteiger partial charge in [-0.1, -0.05) is 0 Å². The van der Waals surface area contributed by atoms with Crippen LogP contribution in [0.2, 0.25) is 0 Å². The van der Waals surface area contributed by atoms with E-state index in [0.717, 1.165) is 40.3 Å². The highest BCUT2D eigenvalue weighted by atomic mass is 32.1. The Morgan fingerprint density at radius 1 is 1.24 bits per heavy atom. The number of aromatic nitrogens is 2. The van der Waals surface area contributed by atoms with Crippen LogP contribution in [0.3, 0.4) is 0 Å². The number of pyridine rings is 2. The average Bonchev–Trinajstić information content (AvgIpc) is 3.53. The summed E-state index contributed by atoms with van der Waals surface area (Å²) in [6.45, 7) is 5.06. The third-order valence-electron chi connectivity index (χ3n) is 6.42. The maximum Gasteiger partial charge on any atom is 0.263 e. The molecule has 172 valence electrons. The number of hydrogen-bond donors (Lipinski definition) is 2. The molecule has 0 aliphatic carbocycles. The van der Waals surface area contributed by atoms with Crippen molar-refractivity contribution < 1.29 is 19.0 Å². The molecule has 3 N–H and O–H groups in total. The zero-order valence-electron chi connectivity index (χ0n) is 18.3. The number of aryl methyl sites for hydroxylation is 1. The van der Waals surface area contributed by atoms with Crippen molar-refractivity contribution in [2.75, 3.05) is 43.5 Å². The quantitative estimate of drug-likeness (QED) is 0.603. The minimum Gasteiger partial charge on any atom is -0.475 e. The second-order valence-electron chi connectivity index (χ2n) is 8.75. The van der Waals surface area contributed by atoms with Gasteiger partial charge in [-0.25, -0.2) is 4.98 Å². The molecule has 0 aromatic carbocycles. The van der Waals surface area contributed by atoms with E-state index in [4.69, 9.17) is 24.9 Å². The summed E-state index contributed by atoms with van der Waals surface area (Å²) in [5, 5.41) is 3.88. The molecule has 3 aromatic heterocycles. The molecule has 3 aliphatic heterocycles. The third kappa shape index (κ3) is 3.68. The Balaban J connectivity index is 1.14. The highest BCUT2D eigenvalue weighted by Crippen LogP contribution is 2.35. The van der Waals surface area contributed by atoms with Crippen molar-refractivity contribution in [2.24, 2.45) is 0 Å². The van der Waals surface area contributed by atoms with E-state index in [1.54, 1.807) is 0 Å².